The Hall–Kier alpha value is -1.56. The van der Waals surface area contributed by atoms with Crippen molar-refractivity contribution < 1.29 is 9.53 Å². The van der Waals surface area contributed by atoms with Gasteiger partial charge in [0.2, 0.25) is 0 Å². The molecule has 0 fully saturated rings. The fourth-order valence-corrected chi connectivity index (χ4v) is 1.03. The lowest BCUT2D eigenvalue weighted by molar-refractivity contribution is 0.0590. The van der Waals surface area contributed by atoms with Gasteiger partial charge in [-0.2, -0.15) is 0 Å². The number of nitrogens with two attached hydrogens (primary N) is 2. The zero-order valence-electron chi connectivity index (χ0n) is 7.36. The first kappa shape index (κ1) is 9.53. The minimum atomic E-state index is -0.497. The minimum absolute atomic E-state index is 0.167. The van der Waals surface area contributed by atoms with Crippen molar-refractivity contribution in [1.29, 1.82) is 0 Å². The highest BCUT2D eigenvalue weighted by atomic mass is 16.5. The van der Waals surface area contributed by atoms with Crippen LogP contribution in [0.25, 0.3) is 0 Å². The number of imidazole rings is 1. The van der Waals surface area contributed by atoms with Crippen molar-refractivity contribution in [3.8, 4) is 0 Å². The number of esters is 1. The van der Waals surface area contributed by atoms with Crippen LogP contribution in [0.2, 0.25) is 0 Å². The van der Waals surface area contributed by atoms with E-state index in [2.05, 4.69) is 9.72 Å². The zero-order valence-corrected chi connectivity index (χ0v) is 7.36. The number of aromatic nitrogens is 2. The molecule has 0 aliphatic heterocycles. The summed E-state index contributed by atoms with van der Waals surface area (Å²) in [6, 6.07) is 0. The molecule has 0 aliphatic rings. The highest BCUT2D eigenvalue weighted by Gasteiger charge is 2.16. The molecular weight excluding hydrogens is 172 g/mol. The van der Waals surface area contributed by atoms with Crippen molar-refractivity contribution in [2.24, 2.45) is 5.73 Å². The summed E-state index contributed by atoms with van der Waals surface area (Å²) in [4.78, 5) is 15.0. The summed E-state index contributed by atoms with van der Waals surface area (Å²) >= 11 is 0. The number of nitrogen functional groups attached to an aromatic ring is 1. The summed E-state index contributed by atoms with van der Waals surface area (Å²) in [7, 11) is 1.29. The highest BCUT2D eigenvalue weighted by molar-refractivity contribution is 5.92. The van der Waals surface area contributed by atoms with Gasteiger partial charge in [0.25, 0.3) is 0 Å². The molecule has 0 saturated carbocycles. The molecule has 0 saturated heterocycles. The fourth-order valence-electron chi connectivity index (χ4n) is 1.03. The topological polar surface area (TPSA) is 96.2 Å². The van der Waals surface area contributed by atoms with Crippen LogP contribution in [-0.2, 0) is 11.3 Å². The van der Waals surface area contributed by atoms with Gasteiger partial charge in [0.15, 0.2) is 11.5 Å². The standard InChI is InChI=1S/C7H12N4O2/c1-13-7(12)5-6(9)10-4-11(5)3-2-8/h4H,2-3,8-9H2,1H3. The molecule has 0 bridgehead atoms. The Morgan fingerprint density at radius 3 is 3.00 bits per heavy atom. The van der Waals surface area contributed by atoms with E-state index in [1.54, 1.807) is 4.57 Å². The maximum Gasteiger partial charge on any atom is 0.358 e. The normalized spacial score (nSPS) is 10.0. The Bertz CT molecular complexity index is 307. The van der Waals surface area contributed by atoms with Gasteiger partial charge in [-0.05, 0) is 0 Å². The molecule has 0 atom stereocenters. The number of hydrogen-bond donors (Lipinski definition) is 2. The second kappa shape index (κ2) is 3.90. The molecule has 0 aliphatic carbocycles. The number of anilines is 1. The Kier molecular flexibility index (Phi) is 2.86. The van der Waals surface area contributed by atoms with E-state index in [9.17, 15) is 4.79 Å². The molecule has 0 amide bonds. The monoisotopic (exact) mass is 184 g/mol. The number of rotatable bonds is 3. The first-order valence-corrected chi connectivity index (χ1v) is 3.79. The third kappa shape index (κ3) is 1.78. The van der Waals surface area contributed by atoms with Gasteiger partial charge in [-0.15, -0.1) is 0 Å². The average molecular weight is 184 g/mol. The van der Waals surface area contributed by atoms with Crippen LogP contribution < -0.4 is 11.5 Å². The lowest BCUT2D eigenvalue weighted by atomic mass is 10.4. The molecule has 0 unspecified atom stereocenters. The van der Waals surface area contributed by atoms with E-state index in [1.807, 2.05) is 0 Å². The molecule has 72 valence electrons. The first-order valence-electron chi connectivity index (χ1n) is 3.79. The number of nitrogens with zero attached hydrogens (tertiary/aromatic N) is 2. The van der Waals surface area contributed by atoms with Crippen molar-refractivity contribution in [3.63, 3.8) is 0 Å². The molecule has 0 aromatic carbocycles. The van der Waals surface area contributed by atoms with Crippen molar-refractivity contribution in [3.05, 3.63) is 12.0 Å². The highest BCUT2D eigenvalue weighted by Crippen LogP contribution is 2.10. The molecule has 6 nitrogen and oxygen atoms in total. The summed E-state index contributed by atoms with van der Waals surface area (Å²) in [6.07, 6.45) is 1.47. The van der Waals surface area contributed by atoms with Crippen LogP contribution in [0.3, 0.4) is 0 Å². The van der Waals surface area contributed by atoms with Crippen molar-refractivity contribution >= 4 is 11.8 Å². The average Bonchev–Trinajstić information content (AvgIpc) is 2.47. The van der Waals surface area contributed by atoms with Crippen LogP contribution in [-0.4, -0.2) is 29.2 Å². The predicted molar refractivity (Wildman–Crippen MR) is 47.0 cm³/mol. The molecule has 1 rings (SSSR count). The Balaban J connectivity index is 3.01. The second-order valence-electron chi connectivity index (χ2n) is 2.45. The van der Waals surface area contributed by atoms with E-state index < -0.39 is 5.97 Å². The van der Waals surface area contributed by atoms with Gasteiger partial charge in [-0.1, -0.05) is 0 Å². The molecule has 13 heavy (non-hydrogen) atoms. The summed E-state index contributed by atoms with van der Waals surface area (Å²) in [5.41, 5.74) is 11.1. The number of methoxy groups -OCH3 is 1. The van der Waals surface area contributed by atoms with E-state index in [4.69, 9.17) is 11.5 Å². The molecular formula is C7H12N4O2. The van der Waals surface area contributed by atoms with Gasteiger partial charge in [-0.3, -0.25) is 0 Å². The van der Waals surface area contributed by atoms with Crippen LogP contribution in [0.4, 0.5) is 5.82 Å². The Morgan fingerprint density at radius 1 is 1.77 bits per heavy atom. The van der Waals surface area contributed by atoms with Crippen LogP contribution in [0.1, 0.15) is 10.5 Å². The van der Waals surface area contributed by atoms with E-state index in [1.165, 1.54) is 13.4 Å². The number of ether oxygens (including phenoxy) is 1. The van der Waals surface area contributed by atoms with E-state index in [0.717, 1.165) is 0 Å². The van der Waals surface area contributed by atoms with Crippen LogP contribution in [0.5, 0.6) is 0 Å². The van der Waals surface area contributed by atoms with Gasteiger partial charge in [0.1, 0.15) is 0 Å². The molecule has 1 heterocycles. The Morgan fingerprint density at radius 2 is 2.46 bits per heavy atom. The molecule has 0 radical (unpaired) electrons. The maximum atomic E-state index is 11.2. The maximum absolute atomic E-state index is 11.2. The van der Waals surface area contributed by atoms with Crippen molar-refractivity contribution in [2.45, 2.75) is 6.54 Å². The third-order valence-electron chi connectivity index (χ3n) is 1.61. The first-order chi connectivity index (χ1) is 6.20. The lowest BCUT2D eigenvalue weighted by Gasteiger charge is -2.04. The molecule has 1 aromatic heterocycles. The fraction of sp³-hybridized carbons (Fsp3) is 0.429. The largest absolute Gasteiger partial charge is 0.464 e. The minimum Gasteiger partial charge on any atom is -0.464 e. The number of carbonyl (C=O) groups is 1. The third-order valence-corrected chi connectivity index (χ3v) is 1.61. The van der Waals surface area contributed by atoms with E-state index in [0.29, 0.717) is 13.1 Å². The molecule has 6 heteroatoms. The Labute approximate surface area is 75.5 Å². The lowest BCUT2D eigenvalue weighted by Crippen LogP contribution is -2.16. The summed E-state index contributed by atoms with van der Waals surface area (Å²) in [5.74, 6) is -0.330. The zero-order chi connectivity index (χ0) is 9.84. The molecule has 0 spiro atoms. The van der Waals surface area contributed by atoms with Crippen molar-refractivity contribution in [1.82, 2.24) is 9.55 Å². The molecule has 4 N–H and O–H groups in total. The van der Waals surface area contributed by atoms with Gasteiger partial charge in [0, 0.05) is 13.1 Å². The number of carbonyl (C=O) groups excluding carboxylic acids is 1. The van der Waals surface area contributed by atoms with Crippen molar-refractivity contribution in [2.75, 3.05) is 19.4 Å². The SMILES string of the molecule is COC(=O)c1c(N)ncn1CCN. The second-order valence-corrected chi connectivity index (χ2v) is 2.45. The summed E-state index contributed by atoms with van der Waals surface area (Å²) < 4.78 is 6.11. The summed E-state index contributed by atoms with van der Waals surface area (Å²) in [5, 5.41) is 0. The van der Waals surface area contributed by atoms with Gasteiger partial charge in [0.05, 0.1) is 13.4 Å². The number of hydrogen-bond acceptors (Lipinski definition) is 5. The van der Waals surface area contributed by atoms with Crippen LogP contribution in [0, 0.1) is 0 Å². The molecule has 1 aromatic rings. The summed E-state index contributed by atoms with van der Waals surface area (Å²) in [6.45, 7) is 0.911. The van der Waals surface area contributed by atoms with Gasteiger partial charge >= 0.3 is 5.97 Å². The van der Waals surface area contributed by atoms with E-state index in [-0.39, 0.29) is 11.5 Å². The van der Waals surface area contributed by atoms with E-state index >= 15 is 0 Å². The van der Waals surface area contributed by atoms with Crippen LogP contribution >= 0.6 is 0 Å². The van der Waals surface area contributed by atoms with Gasteiger partial charge in [-0.25, -0.2) is 9.78 Å². The smallest absolute Gasteiger partial charge is 0.358 e. The van der Waals surface area contributed by atoms with Gasteiger partial charge < -0.3 is 20.8 Å². The van der Waals surface area contributed by atoms with Crippen LogP contribution in [0.15, 0.2) is 6.33 Å². The predicted octanol–water partition coefficient (Wildman–Crippen LogP) is -0.789. The quantitative estimate of drug-likeness (QED) is 0.600.